The SMILES string of the molecule is C[C@H](NC(=O)OC(C)(C)C)[C@@](C)(O)CN. The highest BCUT2D eigenvalue weighted by Crippen LogP contribution is 2.10. The molecular formula is C10H22N2O3. The van der Waals surface area contributed by atoms with Crippen molar-refractivity contribution < 1.29 is 14.6 Å². The molecule has 0 heterocycles. The van der Waals surface area contributed by atoms with Gasteiger partial charge in [0.1, 0.15) is 5.60 Å². The fraction of sp³-hybridized carbons (Fsp3) is 0.900. The molecule has 0 fully saturated rings. The highest BCUT2D eigenvalue weighted by atomic mass is 16.6. The zero-order chi connectivity index (χ0) is 12.3. The predicted molar refractivity (Wildman–Crippen MR) is 58.5 cm³/mol. The van der Waals surface area contributed by atoms with Crippen molar-refractivity contribution in [3.63, 3.8) is 0 Å². The first kappa shape index (κ1) is 14.2. The van der Waals surface area contributed by atoms with Gasteiger partial charge in [0.2, 0.25) is 0 Å². The minimum atomic E-state index is -1.13. The van der Waals surface area contributed by atoms with E-state index in [4.69, 9.17) is 10.5 Å². The third-order valence-electron chi connectivity index (χ3n) is 2.08. The number of amides is 1. The molecule has 15 heavy (non-hydrogen) atoms. The topological polar surface area (TPSA) is 84.6 Å². The third-order valence-corrected chi connectivity index (χ3v) is 2.08. The van der Waals surface area contributed by atoms with Gasteiger partial charge in [-0.1, -0.05) is 0 Å². The molecule has 5 nitrogen and oxygen atoms in total. The molecule has 0 aliphatic carbocycles. The Morgan fingerprint density at radius 1 is 1.47 bits per heavy atom. The molecule has 0 aromatic rings. The Kier molecular flexibility index (Phi) is 4.55. The van der Waals surface area contributed by atoms with Gasteiger partial charge in [-0.25, -0.2) is 4.79 Å². The zero-order valence-electron chi connectivity index (χ0n) is 10.1. The summed E-state index contributed by atoms with van der Waals surface area (Å²) >= 11 is 0. The van der Waals surface area contributed by atoms with Gasteiger partial charge in [-0.15, -0.1) is 0 Å². The Hall–Kier alpha value is -0.810. The summed E-state index contributed by atoms with van der Waals surface area (Å²) in [5, 5.41) is 12.3. The lowest BCUT2D eigenvalue weighted by atomic mass is 9.99. The van der Waals surface area contributed by atoms with E-state index in [0.717, 1.165) is 0 Å². The molecule has 2 atom stereocenters. The van der Waals surface area contributed by atoms with Crippen LogP contribution in [-0.4, -0.2) is 35.0 Å². The van der Waals surface area contributed by atoms with Crippen molar-refractivity contribution in [1.29, 1.82) is 0 Å². The molecule has 0 bridgehead atoms. The molecule has 0 saturated heterocycles. The van der Waals surface area contributed by atoms with E-state index in [9.17, 15) is 9.90 Å². The maximum atomic E-state index is 11.3. The second-order valence-corrected chi connectivity index (χ2v) is 4.93. The van der Waals surface area contributed by atoms with Crippen LogP contribution in [0.1, 0.15) is 34.6 Å². The van der Waals surface area contributed by atoms with Gasteiger partial charge in [-0.3, -0.25) is 0 Å². The van der Waals surface area contributed by atoms with Crippen molar-refractivity contribution >= 4 is 6.09 Å². The highest BCUT2D eigenvalue weighted by molar-refractivity contribution is 5.68. The van der Waals surface area contributed by atoms with Crippen LogP contribution in [0.15, 0.2) is 0 Å². The van der Waals surface area contributed by atoms with Gasteiger partial charge in [0, 0.05) is 6.54 Å². The molecule has 0 aliphatic heterocycles. The van der Waals surface area contributed by atoms with Crippen LogP contribution in [0.2, 0.25) is 0 Å². The van der Waals surface area contributed by atoms with Gasteiger partial charge in [-0.05, 0) is 34.6 Å². The molecule has 0 saturated carbocycles. The lowest BCUT2D eigenvalue weighted by Gasteiger charge is -2.30. The van der Waals surface area contributed by atoms with E-state index in [1.807, 2.05) is 0 Å². The lowest BCUT2D eigenvalue weighted by molar-refractivity contribution is 0.0160. The molecule has 0 aromatic heterocycles. The number of nitrogens with two attached hydrogens (primary N) is 1. The van der Waals surface area contributed by atoms with Gasteiger partial charge >= 0.3 is 6.09 Å². The minimum absolute atomic E-state index is 0.0734. The van der Waals surface area contributed by atoms with Crippen LogP contribution in [0.4, 0.5) is 4.79 Å². The number of ether oxygens (including phenoxy) is 1. The van der Waals surface area contributed by atoms with Crippen molar-refractivity contribution in [1.82, 2.24) is 5.32 Å². The Morgan fingerprint density at radius 3 is 2.27 bits per heavy atom. The van der Waals surface area contributed by atoms with E-state index in [1.54, 1.807) is 34.6 Å². The van der Waals surface area contributed by atoms with Crippen molar-refractivity contribution in [3.8, 4) is 0 Å². The summed E-state index contributed by atoms with van der Waals surface area (Å²) in [6, 6.07) is -0.461. The first-order chi connectivity index (χ1) is 6.58. The number of nitrogens with one attached hydrogen (secondary N) is 1. The third kappa shape index (κ3) is 5.59. The Bertz CT molecular complexity index is 221. The second kappa shape index (κ2) is 4.81. The van der Waals surface area contributed by atoms with Gasteiger partial charge in [0.05, 0.1) is 11.6 Å². The molecule has 0 radical (unpaired) electrons. The van der Waals surface area contributed by atoms with Gasteiger partial charge in [-0.2, -0.15) is 0 Å². The zero-order valence-corrected chi connectivity index (χ0v) is 10.1. The largest absolute Gasteiger partial charge is 0.444 e. The molecule has 5 heteroatoms. The molecule has 1 amide bonds. The van der Waals surface area contributed by atoms with Crippen molar-refractivity contribution in [3.05, 3.63) is 0 Å². The maximum Gasteiger partial charge on any atom is 0.407 e. The first-order valence-electron chi connectivity index (χ1n) is 5.00. The van der Waals surface area contributed by atoms with E-state index < -0.39 is 23.3 Å². The second-order valence-electron chi connectivity index (χ2n) is 4.93. The van der Waals surface area contributed by atoms with E-state index in [2.05, 4.69) is 5.32 Å². The summed E-state index contributed by atoms with van der Waals surface area (Å²) in [6.45, 7) is 8.64. The van der Waals surface area contributed by atoms with Crippen molar-refractivity contribution in [2.24, 2.45) is 5.73 Å². The molecule has 4 N–H and O–H groups in total. The summed E-state index contributed by atoms with van der Waals surface area (Å²) in [6.07, 6.45) is -0.552. The Morgan fingerprint density at radius 2 is 1.93 bits per heavy atom. The van der Waals surface area contributed by atoms with E-state index in [0.29, 0.717) is 0 Å². The highest BCUT2D eigenvalue weighted by Gasteiger charge is 2.29. The van der Waals surface area contributed by atoms with E-state index in [1.165, 1.54) is 0 Å². The monoisotopic (exact) mass is 218 g/mol. The number of carbonyl (C=O) groups is 1. The molecule has 0 aliphatic rings. The summed E-state index contributed by atoms with van der Waals surface area (Å²) in [4.78, 5) is 11.3. The number of carbonyl (C=O) groups excluding carboxylic acids is 1. The van der Waals surface area contributed by atoms with Crippen LogP contribution in [-0.2, 0) is 4.74 Å². The first-order valence-corrected chi connectivity index (χ1v) is 5.00. The Balaban J connectivity index is 4.20. The summed E-state index contributed by atoms with van der Waals surface area (Å²) in [5.74, 6) is 0. The molecule has 90 valence electrons. The molecule has 0 aromatic carbocycles. The van der Waals surface area contributed by atoms with Crippen molar-refractivity contribution in [2.75, 3.05) is 6.54 Å². The standard InChI is InChI=1S/C10H22N2O3/c1-7(10(5,14)6-11)12-8(13)15-9(2,3)4/h7,14H,6,11H2,1-5H3,(H,12,13)/t7-,10-/m0/s1. The minimum Gasteiger partial charge on any atom is -0.444 e. The Labute approximate surface area is 91.0 Å². The van der Waals surface area contributed by atoms with Crippen LogP contribution >= 0.6 is 0 Å². The van der Waals surface area contributed by atoms with Crippen LogP contribution in [0.3, 0.4) is 0 Å². The smallest absolute Gasteiger partial charge is 0.407 e. The molecule has 0 spiro atoms. The quantitative estimate of drug-likeness (QED) is 0.648. The molecule has 0 unspecified atom stereocenters. The summed E-state index contributed by atoms with van der Waals surface area (Å²) < 4.78 is 5.05. The summed E-state index contributed by atoms with van der Waals surface area (Å²) in [5.41, 5.74) is 3.70. The summed E-state index contributed by atoms with van der Waals surface area (Å²) in [7, 11) is 0. The molecule has 0 rings (SSSR count). The van der Waals surface area contributed by atoms with Crippen LogP contribution < -0.4 is 11.1 Å². The predicted octanol–water partition coefficient (Wildman–Crippen LogP) is 0.609. The fourth-order valence-electron chi connectivity index (χ4n) is 0.817. The number of alkyl carbamates (subject to hydrolysis) is 1. The van der Waals surface area contributed by atoms with Gasteiger partial charge in [0.15, 0.2) is 0 Å². The average molecular weight is 218 g/mol. The normalized spacial score (nSPS) is 17.8. The molecular weight excluding hydrogens is 196 g/mol. The number of rotatable bonds is 3. The van der Waals surface area contributed by atoms with Gasteiger partial charge < -0.3 is 20.9 Å². The van der Waals surface area contributed by atoms with E-state index >= 15 is 0 Å². The van der Waals surface area contributed by atoms with Crippen LogP contribution in [0.25, 0.3) is 0 Å². The lowest BCUT2D eigenvalue weighted by Crippen LogP contribution is -2.54. The van der Waals surface area contributed by atoms with Crippen LogP contribution in [0.5, 0.6) is 0 Å². The fourth-order valence-corrected chi connectivity index (χ4v) is 0.817. The average Bonchev–Trinajstić information content (AvgIpc) is 2.00. The van der Waals surface area contributed by atoms with E-state index in [-0.39, 0.29) is 6.54 Å². The van der Waals surface area contributed by atoms with Gasteiger partial charge in [0.25, 0.3) is 0 Å². The number of hydrogen-bond acceptors (Lipinski definition) is 4. The number of aliphatic hydroxyl groups is 1. The van der Waals surface area contributed by atoms with Crippen LogP contribution in [0, 0.1) is 0 Å². The maximum absolute atomic E-state index is 11.3. The van der Waals surface area contributed by atoms with Crippen molar-refractivity contribution in [2.45, 2.75) is 51.9 Å². The number of hydrogen-bond donors (Lipinski definition) is 3.